The number of hydrogen-bond donors (Lipinski definition) is 1. The van der Waals surface area contributed by atoms with Crippen LogP contribution in [0.15, 0.2) is 48.5 Å². The molecule has 0 spiro atoms. The van der Waals surface area contributed by atoms with Crippen LogP contribution < -0.4 is 4.90 Å². The second-order valence-corrected chi connectivity index (χ2v) is 8.36. The van der Waals surface area contributed by atoms with Crippen molar-refractivity contribution in [1.29, 1.82) is 5.26 Å². The maximum atomic E-state index is 14.5. The van der Waals surface area contributed by atoms with Gasteiger partial charge in [-0.25, -0.2) is 9.37 Å². The Kier molecular flexibility index (Phi) is 5.35. The van der Waals surface area contributed by atoms with Crippen LogP contribution in [0.4, 0.5) is 9.52 Å². The largest absolute Gasteiger partial charge is 0.394 e. The van der Waals surface area contributed by atoms with Crippen LogP contribution in [-0.2, 0) is 6.42 Å². The highest BCUT2D eigenvalue weighted by molar-refractivity contribution is 7.15. The highest BCUT2D eigenvalue weighted by atomic mass is 32.1. The third kappa shape index (κ3) is 3.21. The molecule has 29 heavy (non-hydrogen) atoms. The quantitative estimate of drug-likeness (QED) is 0.667. The number of nitriles is 1. The molecule has 0 amide bonds. The van der Waals surface area contributed by atoms with Crippen molar-refractivity contribution >= 4 is 16.5 Å². The molecule has 2 heterocycles. The van der Waals surface area contributed by atoms with Crippen LogP contribution in [0.3, 0.4) is 0 Å². The first-order valence-electron chi connectivity index (χ1n) is 9.69. The Morgan fingerprint density at radius 3 is 2.48 bits per heavy atom. The molecule has 4 rings (SSSR count). The summed E-state index contributed by atoms with van der Waals surface area (Å²) in [4.78, 5) is 7.74. The summed E-state index contributed by atoms with van der Waals surface area (Å²) in [5.41, 5.74) is 3.17. The molecular formula is C23H22FN3OS. The number of thiazole rings is 1. The van der Waals surface area contributed by atoms with Crippen molar-refractivity contribution in [3.63, 3.8) is 0 Å². The van der Waals surface area contributed by atoms with Crippen LogP contribution in [0.5, 0.6) is 0 Å². The van der Waals surface area contributed by atoms with Crippen molar-refractivity contribution in [3.05, 3.63) is 70.5 Å². The SMILES string of the molecule is CCc1nc(N2[C@@H](C#N)[C@@H](c3ccccc3-c3ccccc3F)[C@@H]2CO)sc1C. The van der Waals surface area contributed by atoms with Gasteiger partial charge in [-0.05, 0) is 30.5 Å². The number of anilines is 1. The van der Waals surface area contributed by atoms with Gasteiger partial charge in [-0.3, -0.25) is 0 Å². The minimum absolute atomic E-state index is 0.103. The molecule has 3 aromatic rings. The zero-order valence-electron chi connectivity index (χ0n) is 16.3. The minimum Gasteiger partial charge on any atom is -0.394 e. The third-order valence-corrected chi connectivity index (χ3v) is 6.68. The standard InChI is InChI=1S/C23H22FN3OS/c1-3-19-14(2)29-23(26-19)27-20(12-25)22(21(27)13-28)17-10-5-4-8-15(17)16-9-6-7-11-18(16)24/h4-11,20-22,28H,3,13H2,1-2H3/t20-,21-,22+/m0/s1. The summed E-state index contributed by atoms with van der Waals surface area (Å²) in [6.45, 7) is 3.98. The zero-order chi connectivity index (χ0) is 20.5. The average Bonchev–Trinajstić information content (AvgIpc) is 3.08. The zero-order valence-corrected chi connectivity index (χ0v) is 17.2. The average molecular weight is 408 g/mol. The van der Waals surface area contributed by atoms with Crippen LogP contribution in [0, 0.1) is 24.1 Å². The lowest BCUT2D eigenvalue weighted by molar-refractivity contribution is 0.188. The van der Waals surface area contributed by atoms with E-state index in [-0.39, 0.29) is 24.4 Å². The lowest BCUT2D eigenvalue weighted by atomic mass is 9.74. The molecular weight excluding hydrogens is 385 g/mol. The number of aliphatic hydroxyl groups is 1. The highest BCUT2D eigenvalue weighted by Crippen LogP contribution is 2.47. The molecule has 1 saturated heterocycles. The summed E-state index contributed by atoms with van der Waals surface area (Å²) in [5.74, 6) is -0.525. The van der Waals surface area contributed by atoms with Crippen LogP contribution in [-0.4, -0.2) is 28.8 Å². The molecule has 0 aliphatic carbocycles. The van der Waals surface area contributed by atoms with E-state index in [4.69, 9.17) is 4.98 Å². The molecule has 4 nitrogen and oxygen atoms in total. The van der Waals surface area contributed by atoms with Gasteiger partial charge in [-0.15, -0.1) is 11.3 Å². The number of aliphatic hydroxyl groups excluding tert-OH is 1. The molecule has 1 aromatic heterocycles. The van der Waals surface area contributed by atoms with E-state index < -0.39 is 6.04 Å². The first-order chi connectivity index (χ1) is 14.1. The van der Waals surface area contributed by atoms with E-state index >= 15 is 0 Å². The number of aromatic nitrogens is 1. The van der Waals surface area contributed by atoms with Crippen LogP contribution in [0.1, 0.15) is 29.0 Å². The molecule has 1 fully saturated rings. The summed E-state index contributed by atoms with van der Waals surface area (Å²) in [6.07, 6.45) is 0.830. The molecule has 148 valence electrons. The Bertz CT molecular complexity index is 1070. The predicted octanol–water partition coefficient (Wildman–Crippen LogP) is 4.68. The van der Waals surface area contributed by atoms with E-state index in [0.717, 1.165) is 33.3 Å². The van der Waals surface area contributed by atoms with Gasteiger partial charge in [0.1, 0.15) is 11.9 Å². The fourth-order valence-corrected chi connectivity index (χ4v) is 5.30. The maximum absolute atomic E-state index is 14.5. The van der Waals surface area contributed by atoms with Crippen LogP contribution in [0.25, 0.3) is 11.1 Å². The molecule has 1 N–H and O–H groups in total. The number of aryl methyl sites for hydroxylation is 2. The molecule has 0 bridgehead atoms. The van der Waals surface area contributed by atoms with Crippen molar-refractivity contribution in [1.82, 2.24) is 4.98 Å². The Hall–Kier alpha value is -2.75. The van der Waals surface area contributed by atoms with Crippen molar-refractivity contribution in [2.24, 2.45) is 0 Å². The predicted molar refractivity (Wildman–Crippen MR) is 114 cm³/mol. The van der Waals surface area contributed by atoms with Gasteiger partial charge in [0.05, 0.1) is 24.4 Å². The molecule has 0 saturated carbocycles. The third-order valence-electron chi connectivity index (χ3n) is 5.65. The summed E-state index contributed by atoms with van der Waals surface area (Å²) < 4.78 is 14.5. The van der Waals surface area contributed by atoms with E-state index in [0.29, 0.717) is 5.56 Å². The Morgan fingerprint density at radius 2 is 1.86 bits per heavy atom. The van der Waals surface area contributed by atoms with Gasteiger partial charge in [0.15, 0.2) is 5.13 Å². The van der Waals surface area contributed by atoms with Crippen molar-refractivity contribution in [2.45, 2.75) is 38.3 Å². The second kappa shape index (κ2) is 7.94. The fraction of sp³-hybridized carbons (Fsp3) is 0.304. The Morgan fingerprint density at radius 1 is 1.17 bits per heavy atom. The monoisotopic (exact) mass is 407 g/mol. The van der Waals surface area contributed by atoms with Gasteiger partial charge in [0.25, 0.3) is 0 Å². The number of rotatable bonds is 5. The number of halogens is 1. The minimum atomic E-state index is -0.463. The van der Waals surface area contributed by atoms with E-state index in [9.17, 15) is 14.8 Å². The summed E-state index contributed by atoms with van der Waals surface area (Å²) in [5, 5.41) is 20.9. The maximum Gasteiger partial charge on any atom is 0.187 e. The lowest BCUT2D eigenvalue weighted by Crippen LogP contribution is -2.63. The van der Waals surface area contributed by atoms with E-state index in [1.807, 2.05) is 36.1 Å². The molecule has 2 aromatic carbocycles. The summed E-state index contributed by atoms with van der Waals surface area (Å²) in [6, 6.07) is 15.9. The van der Waals surface area contributed by atoms with Crippen molar-refractivity contribution < 1.29 is 9.50 Å². The lowest BCUT2D eigenvalue weighted by Gasteiger charge is -2.52. The number of benzene rings is 2. The van der Waals surface area contributed by atoms with Crippen LogP contribution >= 0.6 is 11.3 Å². The molecule has 3 atom stereocenters. The molecule has 6 heteroatoms. The van der Waals surface area contributed by atoms with E-state index in [1.54, 1.807) is 29.5 Å². The van der Waals surface area contributed by atoms with E-state index in [2.05, 4.69) is 13.0 Å². The van der Waals surface area contributed by atoms with Gasteiger partial charge in [-0.2, -0.15) is 5.26 Å². The first-order valence-corrected chi connectivity index (χ1v) is 10.5. The summed E-state index contributed by atoms with van der Waals surface area (Å²) in [7, 11) is 0. The normalized spacial score (nSPS) is 20.9. The number of hydrogen-bond acceptors (Lipinski definition) is 5. The first kappa shape index (κ1) is 19.6. The van der Waals surface area contributed by atoms with Crippen molar-refractivity contribution in [3.8, 4) is 17.2 Å². The van der Waals surface area contributed by atoms with Gasteiger partial charge >= 0.3 is 0 Å². The number of nitrogens with zero attached hydrogens (tertiary/aromatic N) is 3. The van der Waals surface area contributed by atoms with Gasteiger partial charge < -0.3 is 10.0 Å². The topological polar surface area (TPSA) is 60.2 Å². The Labute approximate surface area is 173 Å². The van der Waals surface area contributed by atoms with Gasteiger partial charge in [-0.1, -0.05) is 49.4 Å². The highest BCUT2D eigenvalue weighted by Gasteiger charge is 2.51. The fourth-order valence-electron chi connectivity index (χ4n) is 4.21. The molecule has 0 radical (unpaired) electrons. The second-order valence-electron chi connectivity index (χ2n) is 7.18. The molecule has 0 unspecified atom stereocenters. The van der Waals surface area contributed by atoms with E-state index in [1.165, 1.54) is 6.07 Å². The molecule has 1 aliphatic heterocycles. The van der Waals surface area contributed by atoms with Crippen LogP contribution in [0.2, 0.25) is 0 Å². The van der Waals surface area contributed by atoms with Crippen molar-refractivity contribution in [2.75, 3.05) is 11.5 Å². The molecule has 1 aliphatic rings. The summed E-state index contributed by atoms with van der Waals surface area (Å²) >= 11 is 1.55. The Balaban J connectivity index is 1.77. The van der Waals surface area contributed by atoms with Gasteiger partial charge in [0.2, 0.25) is 0 Å². The van der Waals surface area contributed by atoms with Gasteiger partial charge in [0, 0.05) is 16.4 Å². The smallest absolute Gasteiger partial charge is 0.187 e.